The Morgan fingerprint density at radius 1 is 1.00 bits per heavy atom. The summed E-state index contributed by atoms with van der Waals surface area (Å²) in [7, 11) is 0. The number of hydrogen-bond donors (Lipinski definition) is 0. The molecule has 0 amide bonds. The second kappa shape index (κ2) is 12.1. The van der Waals surface area contributed by atoms with Gasteiger partial charge in [-0.15, -0.1) is 0 Å². The van der Waals surface area contributed by atoms with Crippen LogP contribution in [-0.4, -0.2) is 17.6 Å². The molecule has 0 saturated heterocycles. The highest BCUT2D eigenvalue weighted by Crippen LogP contribution is 2.42. The van der Waals surface area contributed by atoms with Crippen LogP contribution in [0.3, 0.4) is 0 Å². The fourth-order valence-electron chi connectivity index (χ4n) is 3.99. The van der Waals surface area contributed by atoms with E-state index >= 15 is 0 Å². The molecule has 2 aromatic carbocycles. The molecule has 4 nitrogen and oxygen atoms in total. The lowest BCUT2D eigenvalue weighted by molar-refractivity contribution is 0.0519. The van der Waals surface area contributed by atoms with E-state index in [1.165, 1.54) is 17.7 Å². The van der Waals surface area contributed by atoms with Crippen molar-refractivity contribution in [3.8, 4) is 5.75 Å². The number of rotatable bonds is 7. The summed E-state index contributed by atoms with van der Waals surface area (Å²) < 4.78 is 24.5. The average Bonchev–Trinajstić information content (AvgIpc) is 3.36. The number of nitrogens with zero attached hydrogens (tertiary/aromatic N) is 1. The van der Waals surface area contributed by atoms with E-state index in [0.717, 1.165) is 53.0 Å². The molecule has 0 aliphatic heterocycles. The average molecular weight is 462 g/mol. The maximum absolute atomic E-state index is 13.2. The first-order valence-corrected chi connectivity index (χ1v) is 11.9. The Morgan fingerprint density at radius 2 is 1.74 bits per heavy atom. The third-order valence-electron chi connectivity index (χ3n) is 5.53. The highest BCUT2D eigenvalue weighted by molar-refractivity contribution is 5.94. The van der Waals surface area contributed by atoms with Crippen molar-refractivity contribution in [1.29, 1.82) is 0 Å². The maximum Gasteiger partial charge on any atom is 0.356 e. The summed E-state index contributed by atoms with van der Waals surface area (Å²) in [5, 5.41) is 0. The van der Waals surface area contributed by atoms with E-state index in [1.54, 1.807) is 25.1 Å². The summed E-state index contributed by atoms with van der Waals surface area (Å²) in [4.78, 5) is 16.8. The molecule has 0 radical (unpaired) electrons. The molecule has 0 fully saturated rings. The zero-order valence-electron chi connectivity index (χ0n) is 20.4. The van der Waals surface area contributed by atoms with Gasteiger partial charge in [-0.3, -0.25) is 0 Å². The van der Waals surface area contributed by atoms with Gasteiger partial charge in [0.05, 0.1) is 12.3 Å². The SMILES string of the molecule is CC.CCOC(=O)c1cccc(C2=C(c3cc(C)ccc3OCc3ccc(F)cc3)CCC2)n1. The lowest BCUT2D eigenvalue weighted by atomic mass is 9.97. The molecule has 0 N–H and O–H groups in total. The fourth-order valence-corrected chi connectivity index (χ4v) is 3.99. The molecular weight excluding hydrogens is 429 g/mol. The predicted octanol–water partition coefficient (Wildman–Crippen LogP) is 7.41. The first kappa shape index (κ1) is 25.2. The van der Waals surface area contributed by atoms with Crippen LogP contribution in [0, 0.1) is 12.7 Å². The van der Waals surface area contributed by atoms with Gasteiger partial charge in [-0.05, 0) is 86.2 Å². The highest BCUT2D eigenvalue weighted by Gasteiger charge is 2.22. The van der Waals surface area contributed by atoms with Crippen molar-refractivity contribution in [2.75, 3.05) is 6.61 Å². The maximum atomic E-state index is 13.2. The molecule has 1 aromatic heterocycles. The molecule has 34 heavy (non-hydrogen) atoms. The Labute approximate surface area is 201 Å². The molecule has 0 bridgehead atoms. The summed E-state index contributed by atoms with van der Waals surface area (Å²) in [5.74, 6) is 0.118. The van der Waals surface area contributed by atoms with Crippen LogP contribution in [0.25, 0.3) is 11.1 Å². The van der Waals surface area contributed by atoms with Gasteiger partial charge in [0.15, 0.2) is 0 Å². The number of aryl methyl sites for hydroxylation is 1. The minimum atomic E-state index is -0.409. The Balaban J connectivity index is 0.00000158. The van der Waals surface area contributed by atoms with Crippen molar-refractivity contribution in [3.05, 3.63) is 94.6 Å². The number of hydrogen-bond acceptors (Lipinski definition) is 4. The van der Waals surface area contributed by atoms with E-state index in [9.17, 15) is 9.18 Å². The van der Waals surface area contributed by atoms with Crippen molar-refractivity contribution in [1.82, 2.24) is 4.98 Å². The number of pyridine rings is 1. The fraction of sp³-hybridized carbons (Fsp3) is 0.310. The zero-order valence-corrected chi connectivity index (χ0v) is 20.4. The Morgan fingerprint density at radius 3 is 2.47 bits per heavy atom. The van der Waals surface area contributed by atoms with Crippen molar-refractivity contribution < 1.29 is 18.7 Å². The van der Waals surface area contributed by atoms with Gasteiger partial charge < -0.3 is 9.47 Å². The number of carbonyl (C=O) groups is 1. The van der Waals surface area contributed by atoms with Crippen LogP contribution in [-0.2, 0) is 11.3 Å². The van der Waals surface area contributed by atoms with Gasteiger partial charge in [0.25, 0.3) is 0 Å². The largest absolute Gasteiger partial charge is 0.488 e. The van der Waals surface area contributed by atoms with E-state index in [0.29, 0.717) is 18.9 Å². The van der Waals surface area contributed by atoms with Crippen LogP contribution in [0.2, 0.25) is 0 Å². The molecule has 1 aliphatic rings. The lowest BCUT2D eigenvalue weighted by Crippen LogP contribution is -2.08. The van der Waals surface area contributed by atoms with Crippen molar-refractivity contribution in [2.45, 2.75) is 53.6 Å². The molecule has 0 saturated carbocycles. The molecule has 4 rings (SSSR count). The van der Waals surface area contributed by atoms with E-state index in [2.05, 4.69) is 18.0 Å². The van der Waals surface area contributed by atoms with E-state index in [-0.39, 0.29) is 5.82 Å². The third kappa shape index (κ3) is 6.10. The minimum Gasteiger partial charge on any atom is -0.488 e. The van der Waals surface area contributed by atoms with Gasteiger partial charge >= 0.3 is 5.97 Å². The van der Waals surface area contributed by atoms with Crippen LogP contribution < -0.4 is 4.74 Å². The lowest BCUT2D eigenvalue weighted by Gasteiger charge is -2.15. The number of ether oxygens (including phenoxy) is 2. The molecule has 0 unspecified atom stereocenters. The number of aromatic nitrogens is 1. The summed E-state index contributed by atoms with van der Waals surface area (Å²) in [6, 6.07) is 18.0. The molecule has 0 atom stereocenters. The Bertz CT molecular complexity index is 1150. The van der Waals surface area contributed by atoms with Crippen molar-refractivity contribution in [2.24, 2.45) is 0 Å². The van der Waals surface area contributed by atoms with Gasteiger partial charge in [0, 0.05) is 5.56 Å². The van der Waals surface area contributed by atoms with Gasteiger partial charge in [0.1, 0.15) is 23.9 Å². The van der Waals surface area contributed by atoms with Gasteiger partial charge in [-0.25, -0.2) is 14.2 Å². The Kier molecular flexibility index (Phi) is 8.97. The molecule has 1 heterocycles. The minimum absolute atomic E-state index is 0.261. The van der Waals surface area contributed by atoms with Gasteiger partial charge in [-0.2, -0.15) is 0 Å². The first-order chi connectivity index (χ1) is 16.5. The molecule has 178 valence electrons. The second-order valence-electron chi connectivity index (χ2n) is 7.85. The standard InChI is InChI=1S/C27H26FNO3.C2H6/c1-3-31-27(30)25-9-5-8-24(29-25)22-7-4-6-21(22)23-16-18(2)10-15-26(23)32-17-19-11-13-20(28)14-12-19;1-2/h5,8-16H,3-4,6-7,17H2,1-2H3;1-2H3. The predicted molar refractivity (Wildman–Crippen MR) is 134 cm³/mol. The van der Waals surface area contributed by atoms with Gasteiger partial charge in [0.2, 0.25) is 0 Å². The first-order valence-electron chi connectivity index (χ1n) is 11.9. The number of benzene rings is 2. The van der Waals surface area contributed by atoms with Crippen LogP contribution in [0.15, 0.2) is 60.7 Å². The highest BCUT2D eigenvalue weighted by atomic mass is 19.1. The number of esters is 1. The van der Waals surface area contributed by atoms with E-state index < -0.39 is 5.97 Å². The number of allylic oxidation sites excluding steroid dienone is 2. The molecule has 0 spiro atoms. The number of halogens is 1. The molecule has 5 heteroatoms. The summed E-state index contributed by atoms with van der Waals surface area (Å²) >= 11 is 0. The topological polar surface area (TPSA) is 48.4 Å². The summed E-state index contributed by atoms with van der Waals surface area (Å²) in [6.45, 7) is 8.51. The van der Waals surface area contributed by atoms with Gasteiger partial charge in [-0.1, -0.05) is 43.7 Å². The summed E-state index contributed by atoms with van der Waals surface area (Å²) in [5.41, 5.74) is 6.53. The second-order valence-corrected chi connectivity index (χ2v) is 7.85. The van der Waals surface area contributed by atoms with Crippen LogP contribution in [0.1, 0.15) is 72.9 Å². The number of carbonyl (C=O) groups excluding carboxylic acids is 1. The van der Waals surface area contributed by atoms with Crippen LogP contribution in [0.5, 0.6) is 5.75 Å². The molecular formula is C29H32FNO3. The quantitative estimate of drug-likeness (QED) is 0.344. The Hall–Kier alpha value is -3.47. The van der Waals surface area contributed by atoms with Crippen molar-refractivity contribution in [3.63, 3.8) is 0 Å². The van der Waals surface area contributed by atoms with Crippen molar-refractivity contribution >= 4 is 17.1 Å². The van der Waals surface area contributed by atoms with Crippen LogP contribution in [0.4, 0.5) is 4.39 Å². The third-order valence-corrected chi connectivity index (χ3v) is 5.53. The monoisotopic (exact) mass is 461 g/mol. The molecule has 1 aliphatic carbocycles. The molecule has 3 aromatic rings. The summed E-state index contributed by atoms with van der Waals surface area (Å²) in [6.07, 6.45) is 2.82. The normalized spacial score (nSPS) is 12.7. The van der Waals surface area contributed by atoms with Crippen LogP contribution >= 0.6 is 0 Å². The van der Waals surface area contributed by atoms with E-state index in [1.807, 2.05) is 38.1 Å². The smallest absolute Gasteiger partial charge is 0.356 e. The zero-order chi connectivity index (χ0) is 24.5. The van der Waals surface area contributed by atoms with E-state index in [4.69, 9.17) is 9.47 Å².